The Bertz CT molecular complexity index is 455. The van der Waals surface area contributed by atoms with Crippen molar-refractivity contribution in [1.82, 2.24) is 5.32 Å². The van der Waals surface area contributed by atoms with Crippen LogP contribution < -0.4 is 10.1 Å². The summed E-state index contributed by atoms with van der Waals surface area (Å²) < 4.78 is 5.64. The summed E-state index contributed by atoms with van der Waals surface area (Å²) in [6.45, 7) is 8.39. The Labute approximate surface area is 127 Å². The second-order valence-corrected chi connectivity index (χ2v) is 6.01. The lowest BCUT2D eigenvalue weighted by molar-refractivity contribution is -0.122. The van der Waals surface area contributed by atoms with Crippen LogP contribution in [0, 0.1) is 12.8 Å². The molecule has 0 saturated heterocycles. The standard InChI is InChI=1S/C17H27NO3/c1-13(2)17(4,20)12-18-16(19)10-7-11-21-15-9-6-5-8-14(15)3/h5-6,8-9,13,20H,7,10-12H2,1-4H3,(H,18,19). The van der Waals surface area contributed by atoms with Crippen molar-refractivity contribution in [3.63, 3.8) is 0 Å². The first-order chi connectivity index (χ1) is 9.83. The zero-order chi connectivity index (χ0) is 15.9. The van der Waals surface area contributed by atoms with E-state index in [2.05, 4.69) is 5.32 Å². The number of benzene rings is 1. The Balaban J connectivity index is 2.21. The van der Waals surface area contributed by atoms with Crippen LogP contribution in [0.5, 0.6) is 5.75 Å². The molecular weight excluding hydrogens is 266 g/mol. The van der Waals surface area contributed by atoms with Crippen LogP contribution in [0.1, 0.15) is 39.2 Å². The first kappa shape index (κ1) is 17.5. The fraction of sp³-hybridized carbons (Fsp3) is 0.588. The third-order valence-corrected chi connectivity index (χ3v) is 3.79. The van der Waals surface area contributed by atoms with E-state index in [1.54, 1.807) is 6.92 Å². The van der Waals surface area contributed by atoms with Crippen LogP contribution in [0.3, 0.4) is 0 Å². The van der Waals surface area contributed by atoms with Gasteiger partial charge in [0.05, 0.1) is 12.2 Å². The fourth-order valence-corrected chi connectivity index (χ4v) is 1.70. The first-order valence-corrected chi connectivity index (χ1v) is 7.50. The monoisotopic (exact) mass is 293 g/mol. The molecular formula is C17H27NO3. The Morgan fingerprint density at radius 3 is 2.67 bits per heavy atom. The largest absolute Gasteiger partial charge is 0.493 e. The van der Waals surface area contributed by atoms with Gasteiger partial charge in [-0.15, -0.1) is 0 Å². The van der Waals surface area contributed by atoms with Gasteiger partial charge in [0.1, 0.15) is 5.75 Å². The number of carbonyl (C=O) groups is 1. The molecule has 118 valence electrons. The number of aliphatic hydroxyl groups is 1. The topological polar surface area (TPSA) is 58.6 Å². The van der Waals surface area contributed by atoms with Gasteiger partial charge in [0.2, 0.25) is 5.91 Å². The number of aryl methyl sites for hydroxylation is 1. The number of nitrogens with one attached hydrogen (secondary N) is 1. The van der Waals surface area contributed by atoms with E-state index in [1.807, 2.05) is 45.0 Å². The molecule has 1 aromatic carbocycles. The minimum atomic E-state index is -0.868. The molecule has 0 aliphatic heterocycles. The van der Waals surface area contributed by atoms with Gasteiger partial charge < -0.3 is 15.2 Å². The van der Waals surface area contributed by atoms with E-state index < -0.39 is 5.60 Å². The number of para-hydroxylation sites is 1. The van der Waals surface area contributed by atoms with Gasteiger partial charge in [0, 0.05) is 13.0 Å². The summed E-state index contributed by atoms with van der Waals surface area (Å²) in [5.41, 5.74) is 0.225. The molecule has 0 fully saturated rings. The second-order valence-electron chi connectivity index (χ2n) is 6.01. The van der Waals surface area contributed by atoms with Crippen molar-refractivity contribution < 1.29 is 14.6 Å². The molecule has 0 saturated carbocycles. The second kappa shape index (κ2) is 8.03. The lowest BCUT2D eigenvalue weighted by Crippen LogP contribution is -2.44. The molecule has 4 heteroatoms. The van der Waals surface area contributed by atoms with Gasteiger partial charge in [-0.2, -0.15) is 0 Å². The molecule has 0 aliphatic rings. The van der Waals surface area contributed by atoms with Gasteiger partial charge >= 0.3 is 0 Å². The Kier molecular flexibility index (Phi) is 6.69. The van der Waals surface area contributed by atoms with Crippen LogP contribution in [0.25, 0.3) is 0 Å². The number of ether oxygens (including phenoxy) is 1. The number of amides is 1. The summed E-state index contributed by atoms with van der Waals surface area (Å²) >= 11 is 0. The van der Waals surface area contributed by atoms with Crippen molar-refractivity contribution in [1.29, 1.82) is 0 Å². The normalized spacial score (nSPS) is 13.8. The smallest absolute Gasteiger partial charge is 0.220 e. The van der Waals surface area contributed by atoms with Gasteiger partial charge in [-0.3, -0.25) is 4.79 Å². The third-order valence-electron chi connectivity index (χ3n) is 3.79. The van der Waals surface area contributed by atoms with Gasteiger partial charge in [-0.05, 0) is 37.8 Å². The van der Waals surface area contributed by atoms with Crippen LogP contribution >= 0.6 is 0 Å². The summed E-state index contributed by atoms with van der Waals surface area (Å²) in [4.78, 5) is 11.7. The van der Waals surface area contributed by atoms with Crippen molar-refractivity contribution in [2.24, 2.45) is 5.92 Å². The molecule has 0 radical (unpaired) electrons. The van der Waals surface area contributed by atoms with E-state index in [4.69, 9.17) is 4.74 Å². The van der Waals surface area contributed by atoms with E-state index in [-0.39, 0.29) is 18.4 Å². The highest BCUT2D eigenvalue weighted by atomic mass is 16.5. The van der Waals surface area contributed by atoms with Crippen molar-refractivity contribution in [2.75, 3.05) is 13.2 Å². The maximum absolute atomic E-state index is 11.7. The summed E-state index contributed by atoms with van der Waals surface area (Å²) in [5, 5.41) is 12.8. The SMILES string of the molecule is Cc1ccccc1OCCCC(=O)NCC(C)(O)C(C)C. The van der Waals surface area contributed by atoms with Crippen LogP contribution in [0.15, 0.2) is 24.3 Å². The predicted octanol–water partition coefficient (Wildman–Crippen LogP) is 2.68. The zero-order valence-corrected chi connectivity index (χ0v) is 13.5. The van der Waals surface area contributed by atoms with Crippen molar-refractivity contribution in [3.05, 3.63) is 29.8 Å². The van der Waals surface area contributed by atoms with Gasteiger partial charge in [0.25, 0.3) is 0 Å². The average molecular weight is 293 g/mol. The summed E-state index contributed by atoms with van der Waals surface area (Å²) in [5.74, 6) is 0.909. The van der Waals surface area contributed by atoms with Crippen molar-refractivity contribution >= 4 is 5.91 Å². The molecule has 1 aromatic rings. The highest BCUT2D eigenvalue weighted by Gasteiger charge is 2.25. The van der Waals surface area contributed by atoms with E-state index in [0.29, 0.717) is 19.4 Å². The summed E-state index contributed by atoms with van der Waals surface area (Å²) in [7, 11) is 0. The Hall–Kier alpha value is -1.55. The summed E-state index contributed by atoms with van der Waals surface area (Å²) in [6.07, 6.45) is 1.06. The van der Waals surface area contributed by atoms with Gasteiger partial charge in [-0.25, -0.2) is 0 Å². The molecule has 4 nitrogen and oxygen atoms in total. The Morgan fingerprint density at radius 2 is 2.05 bits per heavy atom. The highest BCUT2D eigenvalue weighted by molar-refractivity contribution is 5.75. The molecule has 1 atom stereocenters. The molecule has 0 aromatic heterocycles. The molecule has 1 amide bonds. The number of hydrogen-bond acceptors (Lipinski definition) is 3. The van der Waals surface area contributed by atoms with E-state index in [9.17, 15) is 9.90 Å². The molecule has 0 heterocycles. The fourth-order valence-electron chi connectivity index (χ4n) is 1.70. The summed E-state index contributed by atoms with van der Waals surface area (Å²) in [6, 6.07) is 7.82. The molecule has 2 N–H and O–H groups in total. The minimum Gasteiger partial charge on any atom is -0.493 e. The average Bonchev–Trinajstić information content (AvgIpc) is 2.43. The van der Waals surface area contributed by atoms with Crippen LogP contribution in [0.4, 0.5) is 0 Å². The molecule has 0 bridgehead atoms. The van der Waals surface area contributed by atoms with Crippen molar-refractivity contribution in [2.45, 2.75) is 46.1 Å². The third kappa shape index (κ3) is 6.17. The van der Waals surface area contributed by atoms with Gasteiger partial charge in [-0.1, -0.05) is 32.0 Å². The maximum Gasteiger partial charge on any atom is 0.220 e. The van der Waals surface area contributed by atoms with E-state index >= 15 is 0 Å². The molecule has 0 spiro atoms. The number of hydrogen-bond donors (Lipinski definition) is 2. The molecule has 0 aliphatic carbocycles. The Morgan fingerprint density at radius 1 is 1.38 bits per heavy atom. The van der Waals surface area contributed by atoms with E-state index in [1.165, 1.54) is 0 Å². The van der Waals surface area contributed by atoms with E-state index in [0.717, 1.165) is 11.3 Å². The maximum atomic E-state index is 11.7. The van der Waals surface area contributed by atoms with Crippen LogP contribution in [-0.4, -0.2) is 29.8 Å². The highest BCUT2D eigenvalue weighted by Crippen LogP contribution is 2.16. The zero-order valence-electron chi connectivity index (χ0n) is 13.5. The quantitative estimate of drug-likeness (QED) is 0.725. The van der Waals surface area contributed by atoms with Crippen molar-refractivity contribution in [3.8, 4) is 5.75 Å². The predicted molar refractivity (Wildman–Crippen MR) is 84.4 cm³/mol. The lowest BCUT2D eigenvalue weighted by atomic mass is 9.92. The molecule has 21 heavy (non-hydrogen) atoms. The first-order valence-electron chi connectivity index (χ1n) is 7.50. The molecule has 1 unspecified atom stereocenters. The molecule has 1 rings (SSSR count). The minimum absolute atomic E-state index is 0.0516. The lowest BCUT2D eigenvalue weighted by Gasteiger charge is -2.27. The van der Waals surface area contributed by atoms with Crippen LogP contribution in [-0.2, 0) is 4.79 Å². The van der Waals surface area contributed by atoms with Crippen LogP contribution in [0.2, 0.25) is 0 Å². The number of rotatable bonds is 8. The number of carbonyl (C=O) groups excluding carboxylic acids is 1. The van der Waals surface area contributed by atoms with Gasteiger partial charge in [0.15, 0.2) is 0 Å².